The highest BCUT2D eigenvalue weighted by Crippen LogP contribution is 2.40. The molecule has 3 saturated heterocycles. The maximum atomic E-state index is 13.3. The summed E-state index contributed by atoms with van der Waals surface area (Å²) in [5.74, 6) is -2.55. The first-order chi connectivity index (χ1) is 14.4. The fourth-order valence-electron chi connectivity index (χ4n) is 5.51. The summed E-state index contributed by atoms with van der Waals surface area (Å²) in [6.07, 6.45) is 5.02. The number of aromatic nitrogens is 2. The number of benzene rings is 1. The number of hydrogen-bond donors (Lipinski definition) is 1. The summed E-state index contributed by atoms with van der Waals surface area (Å²) in [7, 11) is 2.19. The lowest BCUT2D eigenvalue weighted by molar-refractivity contribution is 0.00478. The van der Waals surface area contributed by atoms with Crippen molar-refractivity contribution in [2.75, 3.05) is 31.6 Å². The van der Waals surface area contributed by atoms with Gasteiger partial charge in [0.2, 0.25) is 5.92 Å². The van der Waals surface area contributed by atoms with Gasteiger partial charge in [-0.1, -0.05) is 6.07 Å². The van der Waals surface area contributed by atoms with E-state index in [0.29, 0.717) is 31.5 Å². The quantitative estimate of drug-likeness (QED) is 0.824. The summed E-state index contributed by atoms with van der Waals surface area (Å²) < 4.78 is 28.2. The average Bonchev–Trinajstić information content (AvgIpc) is 3.31. The van der Waals surface area contributed by atoms with Crippen molar-refractivity contribution in [2.24, 2.45) is 5.92 Å². The van der Waals surface area contributed by atoms with Crippen LogP contribution in [0.15, 0.2) is 24.5 Å². The molecule has 1 amide bonds. The number of nitrogens with zero attached hydrogens (tertiary/aromatic N) is 4. The van der Waals surface area contributed by atoms with Gasteiger partial charge >= 0.3 is 6.03 Å². The topological polar surface area (TPSA) is 53.4 Å². The van der Waals surface area contributed by atoms with Crippen LogP contribution >= 0.6 is 0 Å². The molecule has 162 valence electrons. The minimum absolute atomic E-state index is 0.0147. The van der Waals surface area contributed by atoms with E-state index in [4.69, 9.17) is 0 Å². The van der Waals surface area contributed by atoms with Crippen LogP contribution in [0.3, 0.4) is 0 Å². The van der Waals surface area contributed by atoms with Crippen LogP contribution < -0.4 is 10.2 Å². The van der Waals surface area contributed by atoms with E-state index < -0.39 is 5.92 Å². The number of anilines is 1. The zero-order valence-electron chi connectivity index (χ0n) is 17.4. The number of hydrogen-bond acceptors (Lipinski definition) is 4. The monoisotopic (exact) mass is 417 g/mol. The highest BCUT2D eigenvalue weighted by Gasteiger charge is 2.39. The molecule has 3 atom stereocenters. The van der Waals surface area contributed by atoms with Crippen molar-refractivity contribution in [1.82, 2.24) is 19.8 Å². The standard InChI is InChI=1S/C22H29F2N5O/c1-27-12-17-6-5-16(27)13-28(17)18-3-2-4-19-20(18)26-14-29(19)21(30)25-10-8-15-7-9-22(23,24)11-15/h2-4,14-17H,5-13H2,1H3,(H,25,30). The van der Waals surface area contributed by atoms with Crippen LogP contribution in [0.25, 0.3) is 11.0 Å². The number of halogens is 2. The maximum absolute atomic E-state index is 13.3. The third kappa shape index (κ3) is 3.55. The summed E-state index contributed by atoms with van der Waals surface area (Å²) in [6.45, 7) is 2.45. The fourth-order valence-corrected chi connectivity index (χ4v) is 5.51. The second kappa shape index (κ2) is 7.48. The van der Waals surface area contributed by atoms with E-state index in [1.807, 2.05) is 12.1 Å². The van der Waals surface area contributed by atoms with Crippen molar-refractivity contribution in [1.29, 1.82) is 0 Å². The van der Waals surface area contributed by atoms with Crippen molar-refractivity contribution in [2.45, 2.75) is 56.5 Å². The molecule has 1 aromatic heterocycles. The van der Waals surface area contributed by atoms with E-state index in [0.717, 1.165) is 29.8 Å². The largest absolute Gasteiger partial charge is 0.364 e. The number of amides is 1. The van der Waals surface area contributed by atoms with E-state index >= 15 is 0 Å². The molecule has 4 fully saturated rings. The number of carbonyl (C=O) groups excluding carboxylic acids is 1. The van der Waals surface area contributed by atoms with Gasteiger partial charge in [0, 0.05) is 44.6 Å². The predicted molar refractivity (Wildman–Crippen MR) is 112 cm³/mol. The van der Waals surface area contributed by atoms with Gasteiger partial charge < -0.3 is 10.2 Å². The predicted octanol–water partition coefficient (Wildman–Crippen LogP) is 3.70. The molecule has 2 bridgehead atoms. The van der Waals surface area contributed by atoms with Crippen molar-refractivity contribution in [3.63, 3.8) is 0 Å². The lowest BCUT2D eigenvalue weighted by atomic mass is 9.90. The Morgan fingerprint density at radius 2 is 2.07 bits per heavy atom. The van der Waals surface area contributed by atoms with Gasteiger partial charge in [-0.25, -0.2) is 18.6 Å². The second-order valence-electron chi connectivity index (χ2n) is 9.22. The molecule has 0 radical (unpaired) electrons. The van der Waals surface area contributed by atoms with Crippen LogP contribution in [-0.4, -0.2) is 65.2 Å². The Kier molecular flexibility index (Phi) is 4.92. The molecule has 2 aromatic rings. The van der Waals surface area contributed by atoms with E-state index in [-0.39, 0.29) is 24.8 Å². The van der Waals surface area contributed by atoms with Gasteiger partial charge in [-0.15, -0.1) is 0 Å². The van der Waals surface area contributed by atoms with Crippen LogP contribution in [-0.2, 0) is 0 Å². The number of carbonyl (C=O) groups is 1. The minimum atomic E-state index is -2.53. The van der Waals surface area contributed by atoms with Gasteiger partial charge in [0.1, 0.15) is 11.8 Å². The first kappa shape index (κ1) is 19.7. The van der Waals surface area contributed by atoms with E-state index in [1.165, 1.54) is 17.4 Å². The molecule has 1 N–H and O–H groups in total. The Morgan fingerprint density at radius 3 is 2.77 bits per heavy atom. The Morgan fingerprint density at radius 1 is 1.23 bits per heavy atom. The number of nitrogens with one attached hydrogen (secondary N) is 1. The van der Waals surface area contributed by atoms with E-state index in [9.17, 15) is 13.6 Å². The highest BCUT2D eigenvalue weighted by molar-refractivity contribution is 5.95. The second-order valence-corrected chi connectivity index (χ2v) is 9.22. The Labute approximate surface area is 175 Å². The number of alkyl halides is 2. The van der Waals surface area contributed by atoms with Gasteiger partial charge in [-0.05, 0) is 50.8 Å². The molecule has 4 aliphatic rings. The first-order valence-corrected chi connectivity index (χ1v) is 11.0. The minimum Gasteiger partial charge on any atom is -0.364 e. The highest BCUT2D eigenvalue weighted by atomic mass is 19.3. The molecule has 30 heavy (non-hydrogen) atoms. The smallest absolute Gasteiger partial charge is 0.327 e. The van der Waals surface area contributed by atoms with Gasteiger partial charge in [-0.3, -0.25) is 9.47 Å². The van der Waals surface area contributed by atoms with Crippen LogP contribution in [0, 0.1) is 5.92 Å². The number of rotatable bonds is 4. The number of piperidine rings is 2. The van der Waals surface area contributed by atoms with Crippen LogP contribution in [0.5, 0.6) is 0 Å². The van der Waals surface area contributed by atoms with Gasteiger partial charge in [0.15, 0.2) is 0 Å². The van der Waals surface area contributed by atoms with Crippen molar-refractivity contribution in [3.05, 3.63) is 24.5 Å². The van der Waals surface area contributed by atoms with Gasteiger partial charge in [-0.2, -0.15) is 0 Å². The van der Waals surface area contributed by atoms with Crippen molar-refractivity contribution >= 4 is 22.8 Å². The molecule has 3 unspecified atom stereocenters. The van der Waals surface area contributed by atoms with Crippen LogP contribution in [0.4, 0.5) is 19.3 Å². The van der Waals surface area contributed by atoms with Crippen LogP contribution in [0.2, 0.25) is 0 Å². The molecule has 6 nitrogen and oxygen atoms in total. The lowest BCUT2D eigenvalue weighted by Gasteiger charge is -2.51. The Hall–Kier alpha value is -2.22. The molecule has 0 spiro atoms. The van der Waals surface area contributed by atoms with Gasteiger partial charge in [0.05, 0.1) is 11.2 Å². The fraction of sp³-hybridized carbons (Fsp3) is 0.636. The summed E-state index contributed by atoms with van der Waals surface area (Å²) in [4.78, 5) is 22.2. The number of likely N-dealkylation sites (N-methyl/N-ethyl adjacent to an activating group) is 1. The van der Waals surface area contributed by atoms with Crippen LogP contribution in [0.1, 0.15) is 38.5 Å². The number of piperazine rings is 1. The molecular weight excluding hydrogens is 388 g/mol. The zero-order chi connectivity index (χ0) is 20.9. The Balaban J connectivity index is 1.28. The summed E-state index contributed by atoms with van der Waals surface area (Å²) >= 11 is 0. The summed E-state index contributed by atoms with van der Waals surface area (Å²) in [5, 5.41) is 2.88. The zero-order valence-corrected chi connectivity index (χ0v) is 17.4. The molecule has 6 rings (SSSR count). The number of para-hydroxylation sites is 1. The third-order valence-corrected chi connectivity index (χ3v) is 7.22. The molecule has 8 heteroatoms. The van der Waals surface area contributed by atoms with E-state index in [2.05, 4.69) is 33.2 Å². The molecule has 1 aromatic carbocycles. The SMILES string of the molecule is CN1CC2CCC1CN2c1cccc2c1ncn2C(=O)NCCC1CCC(F)(F)C1. The van der Waals surface area contributed by atoms with Crippen molar-refractivity contribution in [3.8, 4) is 0 Å². The van der Waals surface area contributed by atoms with Gasteiger partial charge in [0.25, 0.3) is 0 Å². The third-order valence-electron chi connectivity index (χ3n) is 7.22. The maximum Gasteiger partial charge on any atom is 0.327 e. The average molecular weight is 418 g/mol. The van der Waals surface area contributed by atoms with E-state index in [1.54, 1.807) is 6.33 Å². The normalized spacial score (nSPS) is 28.4. The molecule has 1 aliphatic carbocycles. The molecular formula is C22H29F2N5O. The molecule has 1 saturated carbocycles. The lowest BCUT2D eigenvalue weighted by Crippen LogP contribution is -2.61. The summed E-state index contributed by atoms with van der Waals surface area (Å²) in [6, 6.07) is 6.79. The molecule has 4 heterocycles. The number of fused-ring (bicyclic) bond motifs is 4. The first-order valence-electron chi connectivity index (χ1n) is 11.0. The summed E-state index contributed by atoms with van der Waals surface area (Å²) in [5.41, 5.74) is 2.72. The molecule has 3 aliphatic heterocycles. The van der Waals surface area contributed by atoms with Crippen molar-refractivity contribution < 1.29 is 13.6 Å². The Bertz CT molecular complexity index is 945. The number of imidazole rings is 1.